The molecule has 23 heavy (non-hydrogen) atoms. The highest BCUT2D eigenvalue weighted by atomic mass is 32.1. The van der Waals surface area contributed by atoms with Crippen molar-refractivity contribution < 1.29 is 4.74 Å². The Morgan fingerprint density at radius 2 is 1.91 bits per heavy atom. The lowest BCUT2D eigenvalue weighted by Gasteiger charge is -2.39. The van der Waals surface area contributed by atoms with Crippen molar-refractivity contribution in [3.63, 3.8) is 0 Å². The zero-order valence-corrected chi connectivity index (χ0v) is 15.2. The average Bonchev–Trinajstić information content (AvgIpc) is 2.96. The molecule has 3 rings (SSSR count). The fourth-order valence-corrected chi connectivity index (χ4v) is 3.86. The summed E-state index contributed by atoms with van der Waals surface area (Å²) in [4.78, 5) is 2.38. The van der Waals surface area contributed by atoms with Gasteiger partial charge >= 0.3 is 0 Å². The molecule has 0 bridgehead atoms. The molecular formula is C18H25N3OS. The maximum Gasteiger partial charge on any atom is 0.271 e. The lowest BCUT2D eigenvalue weighted by atomic mass is 9.98. The summed E-state index contributed by atoms with van der Waals surface area (Å²) in [6.45, 7) is 9.30. The van der Waals surface area contributed by atoms with Crippen molar-refractivity contribution in [1.82, 2.24) is 8.75 Å². The van der Waals surface area contributed by atoms with Crippen LogP contribution in [-0.2, 0) is 6.61 Å². The third-order valence-electron chi connectivity index (χ3n) is 4.75. The van der Waals surface area contributed by atoms with Crippen LogP contribution in [0.15, 0.2) is 18.2 Å². The van der Waals surface area contributed by atoms with Crippen LogP contribution in [0.25, 0.3) is 0 Å². The van der Waals surface area contributed by atoms with Gasteiger partial charge in [-0.3, -0.25) is 0 Å². The molecular weight excluding hydrogens is 306 g/mol. The second kappa shape index (κ2) is 6.87. The number of aryl methyl sites for hydroxylation is 2. The Bertz CT molecular complexity index is 660. The molecule has 124 valence electrons. The highest BCUT2D eigenvalue weighted by molar-refractivity contribution is 6.99. The van der Waals surface area contributed by atoms with Gasteiger partial charge in [0.2, 0.25) is 5.82 Å². The van der Waals surface area contributed by atoms with E-state index in [0.717, 1.165) is 5.82 Å². The largest absolute Gasteiger partial charge is 0.470 e. The van der Waals surface area contributed by atoms with E-state index in [-0.39, 0.29) is 0 Å². The van der Waals surface area contributed by atoms with E-state index < -0.39 is 0 Å². The molecule has 2 atom stereocenters. The molecule has 0 aliphatic carbocycles. The molecule has 5 heteroatoms. The van der Waals surface area contributed by atoms with Crippen LogP contribution >= 0.6 is 11.7 Å². The Balaban J connectivity index is 1.77. The zero-order chi connectivity index (χ0) is 16.4. The Morgan fingerprint density at radius 3 is 2.65 bits per heavy atom. The van der Waals surface area contributed by atoms with Gasteiger partial charge in [-0.05, 0) is 58.1 Å². The summed E-state index contributed by atoms with van der Waals surface area (Å²) >= 11 is 1.24. The number of nitrogens with zero attached hydrogens (tertiary/aromatic N) is 3. The van der Waals surface area contributed by atoms with Gasteiger partial charge in [0.1, 0.15) is 6.61 Å². The van der Waals surface area contributed by atoms with Crippen molar-refractivity contribution >= 4 is 17.5 Å². The van der Waals surface area contributed by atoms with Gasteiger partial charge in [0.25, 0.3) is 5.88 Å². The molecule has 1 aromatic heterocycles. The highest BCUT2D eigenvalue weighted by Gasteiger charge is 2.29. The highest BCUT2D eigenvalue weighted by Crippen LogP contribution is 2.34. The SMILES string of the molecule is Cc1ccc(C)c(COc2nsnc2N2C(C)CCCC2C)c1. The second-order valence-corrected chi connectivity index (χ2v) is 7.18. The summed E-state index contributed by atoms with van der Waals surface area (Å²) < 4.78 is 15.0. The average molecular weight is 331 g/mol. The molecule has 1 fully saturated rings. The molecule has 2 aromatic rings. The maximum atomic E-state index is 6.04. The van der Waals surface area contributed by atoms with E-state index in [1.54, 1.807) is 0 Å². The molecule has 1 aliphatic rings. The van der Waals surface area contributed by atoms with Gasteiger partial charge in [-0.15, -0.1) is 4.37 Å². The van der Waals surface area contributed by atoms with Gasteiger partial charge in [-0.2, -0.15) is 4.37 Å². The third kappa shape index (κ3) is 3.50. The minimum atomic E-state index is 0.491. The second-order valence-electron chi connectivity index (χ2n) is 6.65. The Kier molecular flexibility index (Phi) is 4.85. The van der Waals surface area contributed by atoms with Gasteiger partial charge < -0.3 is 9.64 Å². The van der Waals surface area contributed by atoms with Gasteiger partial charge in [-0.25, -0.2) is 0 Å². The fraction of sp³-hybridized carbons (Fsp3) is 0.556. The molecule has 0 radical (unpaired) electrons. The summed E-state index contributed by atoms with van der Waals surface area (Å²) in [6, 6.07) is 7.44. The summed E-state index contributed by atoms with van der Waals surface area (Å²) in [5, 5.41) is 0. The van der Waals surface area contributed by atoms with E-state index in [2.05, 4.69) is 59.5 Å². The van der Waals surface area contributed by atoms with Crippen molar-refractivity contribution in [2.24, 2.45) is 0 Å². The Labute approximate surface area is 142 Å². The van der Waals surface area contributed by atoms with Crippen LogP contribution in [-0.4, -0.2) is 20.8 Å². The van der Waals surface area contributed by atoms with Crippen molar-refractivity contribution in [2.75, 3.05) is 4.90 Å². The van der Waals surface area contributed by atoms with Crippen molar-refractivity contribution in [3.8, 4) is 5.88 Å². The number of hydrogen-bond donors (Lipinski definition) is 0. The number of benzene rings is 1. The number of aromatic nitrogens is 2. The number of rotatable bonds is 4. The minimum absolute atomic E-state index is 0.491. The molecule has 0 saturated carbocycles. The van der Waals surface area contributed by atoms with Crippen LogP contribution in [0.2, 0.25) is 0 Å². The first-order valence-electron chi connectivity index (χ1n) is 8.36. The van der Waals surface area contributed by atoms with Gasteiger partial charge in [0.15, 0.2) is 0 Å². The van der Waals surface area contributed by atoms with E-state index in [4.69, 9.17) is 4.74 Å². The normalized spacial score (nSPS) is 21.5. The van der Waals surface area contributed by atoms with E-state index in [1.807, 2.05) is 0 Å². The van der Waals surface area contributed by atoms with Crippen molar-refractivity contribution in [3.05, 3.63) is 34.9 Å². The molecule has 0 amide bonds. The smallest absolute Gasteiger partial charge is 0.271 e. The summed E-state index contributed by atoms with van der Waals surface area (Å²) in [7, 11) is 0. The van der Waals surface area contributed by atoms with Crippen LogP contribution in [0.5, 0.6) is 5.88 Å². The summed E-state index contributed by atoms with van der Waals surface area (Å²) in [5.41, 5.74) is 3.72. The lowest BCUT2D eigenvalue weighted by molar-refractivity contribution is 0.292. The van der Waals surface area contributed by atoms with Crippen LogP contribution in [0.3, 0.4) is 0 Å². The standard InChI is InChI=1S/C18H25N3OS/c1-12-8-9-13(2)16(10-12)11-22-18-17(19-23-20-18)21-14(3)6-5-7-15(21)4/h8-10,14-15H,5-7,11H2,1-4H3. The van der Waals surface area contributed by atoms with Crippen LogP contribution in [0.4, 0.5) is 5.82 Å². The Morgan fingerprint density at radius 1 is 1.17 bits per heavy atom. The van der Waals surface area contributed by atoms with Crippen LogP contribution < -0.4 is 9.64 Å². The van der Waals surface area contributed by atoms with Crippen molar-refractivity contribution in [1.29, 1.82) is 0 Å². The topological polar surface area (TPSA) is 38.3 Å². The number of anilines is 1. The summed E-state index contributed by atoms with van der Waals surface area (Å²) in [5.74, 6) is 1.59. The van der Waals surface area contributed by atoms with E-state index in [0.29, 0.717) is 24.6 Å². The lowest BCUT2D eigenvalue weighted by Crippen LogP contribution is -2.44. The molecule has 0 spiro atoms. The fourth-order valence-electron chi connectivity index (χ4n) is 3.37. The van der Waals surface area contributed by atoms with E-state index >= 15 is 0 Å². The first kappa shape index (κ1) is 16.2. The van der Waals surface area contributed by atoms with E-state index in [1.165, 1.54) is 47.7 Å². The molecule has 2 heterocycles. The van der Waals surface area contributed by atoms with Gasteiger partial charge in [-0.1, -0.05) is 23.8 Å². The first-order chi connectivity index (χ1) is 11.1. The predicted molar refractivity (Wildman–Crippen MR) is 95.4 cm³/mol. The Hall–Kier alpha value is -1.62. The third-order valence-corrected chi connectivity index (χ3v) is 5.25. The predicted octanol–water partition coefficient (Wildman–Crippen LogP) is 4.50. The van der Waals surface area contributed by atoms with Crippen LogP contribution in [0.1, 0.15) is 49.8 Å². The first-order valence-corrected chi connectivity index (χ1v) is 9.09. The van der Waals surface area contributed by atoms with Crippen LogP contribution in [0, 0.1) is 13.8 Å². The molecule has 1 aliphatic heterocycles. The monoisotopic (exact) mass is 331 g/mol. The molecule has 2 unspecified atom stereocenters. The molecule has 4 nitrogen and oxygen atoms in total. The van der Waals surface area contributed by atoms with Gasteiger partial charge in [0.05, 0.1) is 11.7 Å². The van der Waals surface area contributed by atoms with E-state index in [9.17, 15) is 0 Å². The minimum Gasteiger partial charge on any atom is -0.470 e. The zero-order valence-electron chi connectivity index (χ0n) is 14.4. The molecule has 0 N–H and O–H groups in total. The summed E-state index contributed by atoms with van der Waals surface area (Å²) in [6.07, 6.45) is 3.70. The van der Waals surface area contributed by atoms with Gasteiger partial charge in [0, 0.05) is 12.1 Å². The number of piperidine rings is 1. The maximum absolute atomic E-state index is 6.04. The molecule has 1 aromatic carbocycles. The number of ether oxygens (including phenoxy) is 1. The number of hydrogen-bond acceptors (Lipinski definition) is 5. The molecule has 1 saturated heterocycles. The quantitative estimate of drug-likeness (QED) is 0.827. The van der Waals surface area contributed by atoms with Crippen molar-refractivity contribution in [2.45, 2.75) is 65.6 Å².